The second-order valence-electron chi connectivity index (χ2n) is 6.52. The summed E-state index contributed by atoms with van der Waals surface area (Å²) >= 11 is 0. The molecule has 0 heterocycles. The molecule has 0 radical (unpaired) electrons. The molecule has 0 bridgehead atoms. The van der Waals surface area contributed by atoms with Crippen molar-refractivity contribution in [3.05, 3.63) is 0 Å². The van der Waals surface area contributed by atoms with Crippen LogP contribution in [0.15, 0.2) is 0 Å². The highest BCUT2D eigenvalue weighted by atomic mass is 16.6. The molecule has 0 fully saturated rings. The zero-order valence-corrected chi connectivity index (χ0v) is 14.3. The molecule has 0 aromatic heterocycles. The van der Waals surface area contributed by atoms with E-state index in [4.69, 9.17) is 9.47 Å². The maximum atomic E-state index is 11.6. The van der Waals surface area contributed by atoms with Crippen LogP contribution in [0.1, 0.15) is 61.3 Å². The van der Waals surface area contributed by atoms with Crippen molar-refractivity contribution in [2.24, 2.45) is 0 Å². The van der Waals surface area contributed by atoms with Gasteiger partial charge in [-0.3, -0.25) is 0 Å². The number of alkyl carbamates (subject to hydrolysis) is 2. The number of carbonyl (C=O) groups excluding carboxylic acids is 2. The molecule has 6 nitrogen and oxygen atoms in total. The van der Waals surface area contributed by atoms with Crippen LogP contribution in [-0.2, 0) is 9.47 Å². The van der Waals surface area contributed by atoms with E-state index in [0.717, 1.165) is 0 Å². The van der Waals surface area contributed by atoms with E-state index in [1.54, 1.807) is 13.8 Å². The third-order valence-electron chi connectivity index (χ3n) is 2.67. The Kier molecular flexibility index (Phi) is 8.14. The molecule has 0 rings (SSSR count). The van der Waals surface area contributed by atoms with E-state index in [1.165, 1.54) is 0 Å². The molecule has 2 N–H and O–H groups in total. The smallest absolute Gasteiger partial charge is 0.407 e. The topological polar surface area (TPSA) is 76.7 Å². The summed E-state index contributed by atoms with van der Waals surface area (Å²) < 4.78 is 10.3. The molecule has 0 aromatic rings. The molecule has 1 atom stereocenters. The van der Waals surface area contributed by atoms with Gasteiger partial charge in [0, 0.05) is 11.6 Å². The molecule has 0 aromatic carbocycles. The largest absolute Gasteiger partial charge is 0.447 e. The zero-order chi connectivity index (χ0) is 16.6. The van der Waals surface area contributed by atoms with Gasteiger partial charge in [-0.2, -0.15) is 0 Å². The van der Waals surface area contributed by atoms with Gasteiger partial charge in [0.15, 0.2) is 0 Å². The molecule has 6 heteroatoms. The summed E-state index contributed by atoms with van der Waals surface area (Å²) in [7, 11) is 0. The van der Waals surface area contributed by atoms with Crippen molar-refractivity contribution in [2.75, 3.05) is 0 Å². The third kappa shape index (κ3) is 10.9. The van der Waals surface area contributed by atoms with Gasteiger partial charge in [-0.25, -0.2) is 9.59 Å². The molecule has 0 aliphatic carbocycles. The molecule has 0 spiro atoms. The summed E-state index contributed by atoms with van der Waals surface area (Å²) in [6, 6.07) is 0.0496. The first-order valence-electron chi connectivity index (χ1n) is 7.48. The summed E-state index contributed by atoms with van der Waals surface area (Å²) in [5, 5.41) is 5.48. The minimum absolute atomic E-state index is 0.0496. The summed E-state index contributed by atoms with van der Waals surface area (Å²) in [6.07, 6.45) is 0.119. The second kappa shape index (κ2) is 8.74. The molecule has 0 aliphatic rings. The molecule has 124 valence electrons. The van der Waals surface area contributed by atoms with Crippen LogP contribution in [0.2, 0.25) is 0 Å². The quantitative estimate of drug-likeness (QED) is 0.757. The number of rotatable bonds is 7. The predicted molar refractivity (Wildman–Crippen MR) is 82.3 cm³/mol. The lowest BCUT2D eigenvalue weighted by Crippen LogP contribution is -2.45. The van der Waals surface area contributed by atoms with Crippen molar-refractivity contribution in [1.29, 1.82) is 0 Å². The van der Waals surface area contributed by atoms with Crippen LogP contribution in [0, 0.1) is 0 Å². The Morgan fingerprint density at radius 2 is 1.57 bits per heavy atom. The van der Waals surface area contributed by atoms with Crippen molar-refractivity contribution in [3.63, 3.8) is 0 Å². The number of nitrogens with one attached hydrogen (secondary N) is 2. The minimum Gasteiger partial charge on any atom is -0.447 e. The Morgan fingerprint density at radius 3 is 2.05 bits per heavy atom. The van der Waals surface area contributed by atoms with Gasteiger partial charge in [0.25, 0.3) is 0 Å². The zero-order valence-electron chi connectivity index (χ0n) is 14.3. The molecule has 0 saturated heterocycles. The van der Waals surface area contributed by atoms with E-state index in [0.29, 0.717) is 12.8 Å². The van der Waals surface area contributed by atoms with Crippen LogP contribution in [0.25, 0.3) is 0 Å². The van der Waals surface area contributed by atoms with Gasteiger partial charge in [-0.1, -0.05) is 0 Å². The van der Waals surface area contributed by atoms with Crippen molar-refractivity contribution >= 4 is 12.2 Å². The summed E-state index contributed by atoms with van der Waals surface area (Å²) in [4.78, 5) is 23.0. The SMILES string of the molecule is CC(C)NC(=O)OC(C)CCC(C)(C)NC(=O)OC(C)C. The van der Waals surface area contributed by atoms with E-state index in [2.05, 4.69) is 10.6 Å². The number of amides is 2. The summed E-state index contributed by atoms with van der Waals surface area (Å²) in [5.74, 6) is 0. The van der Waals surface area contributed by atoms with E-state index in [9.17, 15) is 9.59 Å². The fourth-order valence-electron chi connectivity index (χ4n) is 1.66. The molecule has 1 unspecified atom stereocenters. The Morgan fingerprint density at radius 1 is 1.00 bits per heavy atom. The lowest BCUT2D eigenvalue weighted by molar-refractivity contribution is 0.0879. The number of hydrogen-bond acceptors (Lipinski definition) is 4. The van der Waals surface area contributed by atoms with Crippen molar-refractivity contribution < 1.29 is 19.1 Å². The Labute approximate surface area is 127 Å². The first-order valence-corrected chi connectivity index (χ1v) is 7.48. The van der Waals surface area contributed by atoms with Crippen LogP contribution >= 0.6 is 0 Å². The average molecular weight is 302 g/mol. The van der Waals surface area contributed by atoms with Gasteiger partial charge in [0.1, 0.15) is 6.10 Å². The van der Waals surface area contributed by atoms with Gasteiger partial charge < -0.3 is 20.1 Å². The summed E-state index contributed by atoms with van der Waals surface area (Å²) in [6.45, 7) is 13.0. The lowest BCUT2D eigenvalue weighted by atomic mass is 9.97. The Balaban J connectivity index is 4.11. The average Bonchev–Trinajstić information content (AvgIpc) is 2.22. The van der Waals surface area contributed by atoms with Crippen molar-refractivity contribution in [3.8, 4) is 0 Å². The van der Waals surface area contributed by atoms with Gasteiger partial charge in [0.2, 0.25) is 0 Å². The van der Waals surface area contributed by atoms with E-state index >= 15 is 0 Å². The first kappa shape index (κ1) is 19.5. The standard InChI is InChI=1S/C15H30N2O4/c1-10(2)16-13(18)21-12(5)8-9-15(6,7)17-14(19)20-11(3)4/h10-12H,8-9H2,1-7H3,(H,16,18)(H,17,19). The van der Waals surface area contributed by atoms with Crippen LogP contribution < -0.4 is 10.6 Å². The minimum atomic E-state index is -0.430. The van der Waals surface area contributed by atoms with Crippen LogP contribution in [0.5, 0.6) is 0 Å². The molecule has 21 heavy (non-hydrogen) atoms. The highest BCUT2D eigenvalue weighted by Crippen LogP contribution is 2.15. The van der Waals surface area contributed by atoms with Crippen LogP contribution in [0.4, 0.5) is 9.59 Å². The van der Waals surface area contributed by atoms with E-state index in [1.807, 2.05) is 34.6 Å². The highest BCUT2D eigenvalue weighted by Gasteiger charge is 2.23. The lowest BCUT2D eigenvalue weighted by Gasteiger charge is -2.27. The van der Waals surface area contributed by atoms with Gasteiger partial charge in [0.05, 0.1) is 6.10 Å². The predicted octanol–water partition coefficient (Wildman–Crippen LogP) is 3.20. The number of carbonyl (C=O) groups is 2. The van der Waals surface area contributed by atoms with Gasteiger partial charge in [-0.15, -0.1) is 0 Å². The molecular weight excluding hydrogens is 272 g/mol. The fraction of sp³-hybridized carbons (Fsp3) is 0.867. The summed E-state index contributed by atoms with van der Waals surface area (Å²) in [5.41, 5.74) is -0.419. The molecule has 0 saturated carbocycles. The Hall–Kier alpha value is -1.46. The van der Waals surface area contributed by atoms with Crippen LogP contribution in [0.3, 0.4) is 0 Å². The maximum Gasteiger partial charge on any atom is 0.407 e. The Bertz CT molecular complexity index is 341. The fourth-order valence-corrected chi connectivity index (χ4v) is 1.66. The second-order valence-corrected chi connectivity index (χ2v) is 6.52. The number of ether oxygens (including phenoxy) is 2. The van der Waals surface area contributed by atoms with Crippen molar-refractivity contribution in [2.45, 2.75) is 85.1 Å². The third-order valence-corrected chi connectivity index (χ3v) is 2.67. The highest BCUT2D eigenvalue weighted by molar-refractivity contribution is 5.68. The van der Waals surface area contributed by atoms with E-state index < -0.39 is 17.7 Å². The normalized spacial score (nSPS) is 13.0. The van der Waals surface area contributed by atoms with Crippen LogP contribution in [-0.4, -0.2) is 36.0 Å². The molecular formula is C15H30N2O4. The maximum absolute atomic E-state index is 11.6. The van der Waals surface area contributed by atoms with E-state index in [-0.39, 0.29) is 18.2 Å². The molecule has 2 amide bonds. The van der Waals surface area contributed by atoms with Gasteiger partial charge in [-0.05, 0) is 61.3 Å². The molecule has 0 aliphatic heterocycles. The van der Waals surface area contributed by atoms with Crippen molar-refractivity contribution in [1.82, 2.24) is 10.6 Å². The monoisotopic (exact) mass is 302 g/mol. The number of hydrogen-bond donors (Lipinski definition) is 2. The van der Waals surface area contributed by atoms with Gasteiger partial charge >= 0.3 is 12.2 Å². The first-order chi connectivity index (χ1) is 9.51.